The first-order chi connectivity index (χ1) is 19.5. The molecule has 1 aliphatic heterocycles. The number of pyridine rings is 1. The molecule has 1 fully saturated rings. The SMILES string of the molecule is C=C[C@@]1(Nc2cccc3c(SC(F)(F)F)c(C#CCNc4ccc(C(=O)NC)cc4OC)nn23)CCN(C)C[C@H]1F. The fourth-order valence-corrected chi connectivity index (χ4v) is 5.23. The number of fused-ring (bicyclic) bond motifs is 1. The monoisotopic (exact) mass is 590 g/mol. The lowest BCUT2D eigenvalue weighted by molar-refractivity contribution is -0.0327. The molecule has 0 unspecified atom stereocenters. The summed E-state index contributed by atoms with van der Waals surface area (Å²) in [5.74, 6) is 6.01. The van der Waals surface area contributed by atoms with E-state index in [4.69, 9.17) is 4.74 Å². The molecular weight excluding hydrogens is 560 g/mol. The minimum Gasteiger partial charge on any atom is -0.495 e. The predicted octanol–water partition coefficient (Wildman–Crippen LogP) is 4.79. The number of thioether (sulfide) groups is 1. The maximum Gasteiger partial charge on any atom is 0.446 e. The minimum absolute atomic E-state index is 0.0570. The van der Waals surface area contributed by atoms with Gasteiger partial charge >= 0.3 is 5.51 Å². The molecule has 2 aromatic heterocycles. The lowest BCUT2D eigenvalue weighted by Crippen LogP contribution is -2.56. The van der Waals surface area contributed by atoms with E-state index in [1.54, 1.807) is 30.3 Å². The Hall–Kier alpha value is -3.89. The van der Waals surface area contributed by atoms with Gasteiger partial charge in [0.2, 0.25) is 0 Å². The summed E-state index contributed by atoms with van der Waals surface area (Å²) >= 11 is -0.302. The van der Waals surface area contributed by atoms with Crippen LogP contribution in [0.25, 0.3) is 5.52 Å². The van der Waals surface area contributed by atoms with E-state index in [1.807, 2.05) is 11.9 Å². The average molecular weight is 591 g/mol. The Morgan fingerprint density at radius 3 is 2.78 bits per heavy atom. The summed E-state index contributed by atoms with van der Waals surface area (Å²) in [5, 5.41) is 13.1. The minimum atomic E-state index is -4.58. The number of ether oxygens (including phenoxy) is 1. The fourth-order valence-electron chi connectivity index (χ4n) is 4.55. The highest BCUT2D eigenvalue weighted by Gasteiger charge is 2.41. The van der Waals surface area contributed by atoms with Crippen molar-refractivity contribution in [2.45, 2.75) is 28.5 Å². The van der Waals surface area contributed by atoms with E-state index in [-0.39, 0.29) is 46.9 Å². The van der Waals surface area contributed by atoms with Crippen molar-refractivity contribution in [1.82, 2.24) is 19.8 Å². The number of anilines is 2. The van der Waals surface area contributed by atoms with Gasteiger partial charge < -0.3 is 25.6 Å². The Kier molecular flexibility index (Phi) is 9.04. The van der Waals surface area contributed by atoms with Gasteiger partial charge in [-0.2, -0.15) is 18.3 Å². The van der Waals surface area contributed by atoms with Gasteiger partial charge in [0.15, 0.2) is 0 Å². The van der Waals surface area contributed by atoms with Crippen molar-refractivity contribution in [3.63, 3.8) is 0 Å². The Morgan fingerprint density at radius 2 is 2.12 bits per heavy atom. The van der Waals surface area contributed by atoms with Gasteiger partial charge in [-0.3, -0.25) is 4.79 Å². The van der Waals surface area contributed by atoms with Crippen LogP contribution in [0.15, 0.2) is 53.9 Å². The molecular formula is C28H30F4N6O2S. The molecule has 3 aromatic rings. The van der Waals surface area contributed by atoms with Crippen molar-refractivity contribution in [2.75, 3.05) is 51.5 Å². The molecule has 3 N–H and O–H groups in total. The molecule has 0 spiro atoms. The third-order valence-electron chi connectivity index (χ3n) is 6.76. The summed E-state index contributed by atoms with van der Waals surface area (Å²) in [6.45, 7) is 4.68. The molecule has 1 aliphatic rings. The van der Waals surface area contributed by atoms with Gasteiger partial charge in [-0.1, -0.05) is 18.1 Å². The number of likely N-dealkylation sites (tertiary alicyclic amines) is 1. The topological polar surface area (TPSA) is 82.9 Å². The Labute approximate surface area is 239 Å². The summed E-state index contributed by atoms with van der Waals surface area (Å²) in [4.78, 5) is 13.6. The first kappa shape index (κ1) is 30.1. The van der Waals surface area contributed by atoms with Crippen LogP contribution in [0.2, 0.25) is 0 Å². The van der Waals surface area contributed by atoms with Crippen molar-refractivity contribution in [3.8, 4) is 17.6 Å². The molecule has 41 heavy (non-hydrogen) atoms. The molecule has 1 amide bonds. The van der Waals surface area contributed by atoms with Crippen molar-refractivity contribution in [2.24, 2.45) is 0 Å². The fraction of sp³-hybridized carbons (Fsp3) is 0.357. The number of nitrogens with one attached hydrogen (secondary N) is 3. The largest absolute Gasteiger partial charge is 0.495 e. The van der Waals surface area contributed by atoms with Crippen molar-refractivity contribution in [1.29, 1.82) is 0 Å². The van der Waals surface area contributed by atoms with Gasteiger partial charge in [0.05, 0.1) is 35.3 Å². The van der Waals surface area contributed by atoms with Crippen LogP contribution in [0, 0.1) is 11.8 Å². The van der Waals surface area contributed by atoms with Crippen molar-refractivity contribution < 1.29 is 27.1 Å². The third-order valence-corrected chi connectivity index (χ3v) is 7.60. The van der Waals surface area contributed by atoms with Crippen molar-refractivity contribution in [3.05, 3.63) is 60.3 Å². The van der Waals surface area contributed by atoms with Gasteiger partial charge in [0, 0.05) is 25.7 Å². The van der Waals surface area contributed by atoms with E-state index in [0.29, 0.717) is 35.8 Å². The van der Waals surface area contributed by atoms with Crippen LogP contribution >= 0.6 is 11.8 Å². The number of alkyl halides is 4. The molecule has 4 rings (SSSR count). The normalized spacial score (nSPS) is 19.2. The molecule has 2 atom stereocenters. The second-order valence-corrected chi connectivity index (χ2v) is 10.5. The summed E-state index contributed by atoms with van der Waals surface area (Å²) in [6, 6.07) is 9.55. The number of hydrogen-bond donors (Lipinski definition) is 3. The number of benzene rings is 1. The van der Waals surface area contributed by atoms with Crippen LogP contribution in [0.4, 0.5) is 29.1 Å². The first-order valence-corrected chi connectivity index (χ1v) is 13.5. The average Bonchev–Trinajstić information content (AvgIpc) is 3.28. The second-order valence-electron chi connectivity index (χ2n) is 9.43. The number of piperidine rings is 1. The van der Waals surface area contributed by atoms with Crippen LogP contribution in [-0.4, -0.2) is 78.5 Å². The van der Waals surface area contributed by atoms with Gasteiger partial charge in [0.25, 0.3) is 5.91 Å². The van der Waals surface area contributed by atoms with E-state index < -0.39 is 17.2 Å². The van der Waals surface area contributed by atoms with E-state index in [2.05, 4.69) is 39.5 Å². The molecule has 1 saturated heterocycles. The summed E-state index contributed by atoms with van der Waals surface area (Å²) in [5.41, 5.74) is -4.62. The van der Waals surface area contributed by atoms with Crippen LogP contribution in [0.1, 0.15) is 22.5 Å². The van der Waals surface area contributed by atoms with E-state index in [1.165, 1.54) is 30.8 Å². The van der Waals surface area contributed by atoms with Gasteiger partial charge in [-0.15, -0.1) is 6.58 Å². The lowest BCUT2D eigenvalue weighted by atomic mass is 9.86. The smallest absolute Gasteiger partial charge is 0.446 e. The summed E-state index contributed by atoms with van der Waals surface area (Å²) < 4.78 is 62.5. The van der Waals surface area contributed by atoms with E-state index >= 15 is 4.39 Å². The number of rotatable bonds is 8. The first-order valence-electron chi connectivity index (χ1n) is 12.6. The van der Waals surface area contributed by atoms with Gasteiger partial charge in [-0.05, 0) is 61.5 Å². The molecule has 0 saturated carbocycles. The number of halogens is 4. The molecule has 218 valence electrons. The van der Waals surface area contributed by atoms with Crippen LogP contribution in [0.3, 0.4) is 0 Å². The Morgan fingerprint density at radius 1 is 1.34 bits per heavy atom. The van der Waals surface area contributed by atoms with Gasteiger partial charge in [-0.25, -0.2) is 8.91 Å². The number of hydrogen-bond acceptors (Lipinski definition) is 7. The second kappa shape index (κ2) is 12.3. The zero-order valence-corrected chi connectivity index (χ0v) is 23.5. The molecule has 1 aromatic carbocycles. The van der Waals surface area contributed by atoms with E-state index in [9.17, 15) is 18.0 Å². The highest BCUT2D eigenvalue weighted by molar-refractivity contribution is 8.00. The third kappa shape index (κ3) is 6.71. The Bertz CT molecular complexity index is 1500. The van der Waals surface area contributed by atoms with Crippen molar-refractivity contribution >= 4 is 34.7 Å². The zero-order chi connectivity index (χ0) is 29.8. The Balaban J connectivity index is 1.64. The summed E-state index contributed by atoms with van der Waals surface area (Å²) in [7, 11) is 4.80. The molecule has 0 bridgehead atoms. The number of amides is 1. The predicted molar refractivity (Wildman–Crippen MR) is 152 cm³/mol. The van der Waals surface area contributed by atoms with Crippen LogP contribution < -0.4 is 20.7 Å². The maximum absolute atomic E-state index is 15.2. The number of nitrogens with zero attached hydrogens (tertiary/aromatic N) is 3. The quantitative estimate of drug-likeness (QED) is 0.151. The lowest BCUT2D eigenvalue weighted by Gasteiger charge is -2.42. The van der Waals surface area contributed by atoms with E-state index in [0.717, 1.165) is 0 Å². The highest BCUT2D eigenvalue weighted by atomic mass is 32.2. The molecule has 13 heteroatoms. The molecule has 8 nitrogen and oxygen atoms in total. The van der Waals surface area contributed by atoms with Gasteiger partial charge in [0.1, 0.15) is 23.4 Å². The molecule has 3 heterocycles. The summed E-state index contributed by atoms with van der Waals surface area (Å²) in [6.07, 6.45) is 0.642. The molecule has 0 aliphatic carbocycles. The molecule has 0 radical (unpaired) electrons. The number of methoxy groups -OCH3 is 1. The number of carbonyl (C=O) groups is 1. The number of aromatic nitrogens is 2. The maximum atomic E-state index is 15.2. The zero-order valence-electron chi connectivity index (χ0n) is 22.7. The van der Waals surface area contributed by atoms with Crippen LogP contribution in [0.5, 0.6) is 5.75 Å². The number of carbonyl (C=O) groups excluding carboxylic acids is 1. The standard InChI is InChI=1S/C28H30F4N6O2S/c1-5-27(13-15-37(3)17-23(27)29)35-24-10-6-9-21-25(41-28(30,31)32)20(36-38(21)24)8-7-14-34-19-12-11-18(26(39)33-2)16-22(19)40-4/h5-6,9-12,16,23,34-35H,1,13-15,17H2,2-4H3,(H,33,39)/t23-,27-/m1/s1. The van der Waals surface area contributed by atoms with Crippen LogP contribution in [-0.2, 0) is 0 Å². The highest BCUT2D eigenvalue weighted by Crippen LogP contribution is 2.41.